The van der Waals surface area contributed by atoms with Gasteiger partial charge in [-0.15, -0.1) is 0 Å². The van der Waals surface area contributed by atoms with Crippen LogP contribution in [0.4, 0.5) is 5.69 Å². The van der Waals surface area contributed by atoms with Crippen molar-refractivity contribution < 1.29 is 32.3 Å². The van der Waals surface area contributed by atoms with E-state index in [4.69, 9.17) is 14.6 Å². The summed E-state index contributed by atoms with van der Waals surface area (Å²) in [5, 5.41) is 10.00. The average molecular weight is 476 g/mol. The number of carbonyl (C=O) groups is 3. The van der Waals surface area contributed by atoms with Gasteiger partial charge in [0.25, 0.3) is 5.91 Å². The molecule has 0 bridgehead atoms. The summed E-state index contributed by atoms with van der Waals surface area (Å²) in [6.07, 6.45) is 2.83. The van der Waals surface area contributed by atoms with Gasteiger partial charge in [0.1, 0.15) is 11.8 Å². The molecule has 0 aromatic heterocycles. The molecule has 10 nitrogen and oxygen atoms in total. The lowest BCUT2D eigenvalue weighted by Crippen LogP contribution is -2.39. The van der Waals surface area contributed by atoms with Gasteiger partial charge in [-0.2, -0.15) is 0 Å². The van der Waals surface area contributed by atoms with E-state index >= 15 is 0 Å². The predicted octanol–water partition coefficient (Wildman–Crippen LogP) is 1.35. The largest absolute Gasteiger partial charge is 0.497 e. The fourth-order valence-electron chi connectivity index (χ4n) is 2.65. The monoisotopic (exact) mass is 475 g/mol. The first-order chi connectivity index (χ1) is 15.5. The number of nitrogens with one attached hydrogen (secondary N) is 2. The molecule has 176 valence electrons. The van der Waals surface area contributed by atoms with Crippen LogP contribution >= 0.6 is 0 Å². The Labute approximate surface area is 191 Å². The highest BCUT2D eigenvalue weighted by Crippen LogP contribution is 2.19. The molecule has 0 saturated heterocycles. The molecule has 4 N–H and O–H groups in total. The van der Waals surface area contributed by atoms with Gasteiger partial charge in [-0.25, -0.2) is 18.4 Å². The maximum Gasteiger partial charge on any atom is 0.328 e. The SMILES string of the molecule is COc1ccc(/C=C/C(=O)N[C@@H](C)C(=O)OCC(=O)Nc2ccc(C)c(S(N)(=O)=O)c2)cc1. The summed E-state index contributed by atoms with van der Waals surface area (Å²) in [5.41, 5.74) is 1.36. The van der Waals surface area contributed by atoms with E-state index in [2.05, 4.69) is 10.6 Å². The van der Waals surface area contributed by atoms with Crippen molar-refractivity contribution in [2.75, 3.05) is 19.0 Å². The summed E-state index contributed by atoms with van der Waals surface area (Å²) in [5.74, 6) is -1.34. The first-order valence-corrected chi connectivity index (χ1v) is 11.3. The van der Waals surface area contributed by atoms with E-state index in [0.29, 0.717) is 11.3 Å². The Hall–Kier alpha value is -3.70. The number of methoxy groups -OCH3 is 1. The Balaban J connectivity index is 1.83. The van der Waals surface area contributed by atoms with E-state index in [9.17, 15) is 22.8 Å². The number of aryl methyl sites for hydroxylation is 1. The van der Waals surface area contributed by atoms with Crippen LogP contribution in [0.3, 0.4) is 0 Å². The van der Waals surface area contributed by atoms with Crippen LogP contribution in [0.15, 0.2) is 53.4 Å². The summed E-state index contributed by atoms with van der Waals surface area (Å²) in [4.78, 5) is 36.0. The summed E-state index contributed by atoms with van der Waals surface area (Å²) in [6.45, 7) is 2.35. The molecule has 0 fully saturated rings. The van der Waals surface area contributed by atoms with Crippen molar-refractivity contribution >= 4 is 39.6 Å². The topological polar surface area (TPSA) is 154 Å². The molecule has 11 heteroatoms. The molecule has 0 aliphatic rings. The van der Waals surface area contributed by atoms with Crippen molar-refractivity contribution in [3.05, 3.63) is 59.7 Å². The second-order valence-corrected chi connectivity index (χ2v) is 8.55. The third kappa shape index (κ3) is 8.05. The van der Waals surface area contributed by atoms with Crippen LogP contribution in [0.1, 0.15) is 18.1 Å². The van der Waals surface area contributed by atoms with Gasteiger partial charge in [0.15, 0.2) is 6.61 Å². The van der Waals surface area contributed by atoms with Gasteiger partial charge in [0.2, 0.25) is 15.9 Å². The predicted molar refractivity (Wildman–Crippen MR) is 122 cm³/mol. The van der Waals surface area contributed by atoms with Crippen LogP contribution in [0.25, 0.3) is 6.08 Å². The van der Waals surface area contributed by atoms with Gasteiger partial charge < -0.3 is 20.1 Å². The number of esters is 1. The lowest BCUT2D eigenvalue weighted by Gasteiger charge is -2.13. The first kappa shape index (κ1) is 25.6. The highest BCUT2D eigenvalue weighted by molar-refractivity contribution is 7.89. The molecule has 0 saturated carbocycles. The lowest BCUT2D eigenvalue weighted by molar-refractivity contribution is -0.149. The van der Waals surface area contributed by atoms with Crippen LogP contribution in [0.5, 0.6) is 5.75 Å². The minimum Gasteiger partial charge on any atom is -0.497 e. The van der Waals surface area contributed by atoms with Gasteiger partial charge in [-0.05, 0) is 55.3 Å². The molecule has 0 radical (unpaired) electrons. The van der Waals surface area contributed by atoms with Crippen molar-refractivity contribution in [3.63, 3.8) is 0 Å². The second-order valence-electron chi connectivity index (χ2n) is 7.02. The summed E-state index contributed by atoms with van der Waals surface area (Å²) in [6, 6.07) is 10.2. The highest BCUT2D eigenvalue weighted by atomic mass is 32.2. The van der Waals surface area contributed by atoms with Crippen LogP contribution in [-0.2, 0) is 29.1 Å². The molecular formula is C22H25N3O7S. The van der Waals surface area contributed by atoms with E-state index in [1.807, 2.05) is 0 Å². The van der Waals surface area contributed by atoms with Crippen LogP contribution in [0.2, 0.25) is 0 Å². The number of sulfonamides is 1. The van der Waals surface area contributed by atoms with Crippen LogP contribution in [0, 0.1) is 6.92 Å². The number of hydrogen-bond donors (Lipinski definition) is 3. The number of carbonyl (C=O) groups excluding carboxylic acids is 3. The lowest BCUT2D eigenvalue weighted by atomic mass is 10.2. The van der Waals surface area contributed by atoms with E-state index < -0.39 is 40.5 Å². The summed E-state index contributed by atoms with van der Waals surface area (Å²) >= 11 is 0. The third-order valence-corrected chi connectivity index (χ3v) is 5.43. The third-order valence-electron chi connectivity index (χ3n) is 4.38. The van der Waals surface area contributed by atoms with Gasteiger partial charge in [0, 0.05) is 11.8 Å². The standard InChI is InChI=1S/C22H25N3O7S/c1-14-4-8-17(12-19(14)33(23,29)30)25-21(27)13-32-22(28)15(2)24-20(26)11-7-16-5-9-18(31-3)10-6-16/h4-12,15H,13H2,1-3H3,(H,24,26)(H,25,27)(H2,23,29,30)/b11-7+/t15-/m0/s1. The van der Waals surface area contributed by atoms with E-state index in [1.54, 1.807) is 44.4 Å². The maximum atomic E-state index is 12.1. The molecule has 33 heavy (non-hydrogen) atoms. The molecule has 2 aromatic carbocycles. The van der Waals surface area contributed by atoms with Gasteiger partial charge >= 0.3 is 5.97 Å². The zero-order chi connectivity index (χ0) is 24.6. The van der Waals surface area contributed by atoms with Crippen LogP contribution in [-0.4, -0.2) is 46.0 Å². The number of anilines is 1. The zero-order valence-electron chi connectivity index (χ0n) is 18.3. The fraction of sp³-hybridized carbons (Fsp3) is 0.227. The van der Waals surface area contributed by atoms with Crippen molar-refractivity contribution in [1.29, 1.82) is 0 Å². The van der Waals surface area contributed by atoms with Crippen molar-refractivity contribution in [2.45, 2.75) is 24.8 Å². The fourth-order valence-corrected chi connectivity index (χ4v) is 3.46. The molecule has 0 aliphatic carbocycles. The number of benzene rings is 2. The van der Waals surface area contributed by atoms with Gasteiger partial charge in [0.05, 0.1) is 12.0 Å². The Kier molecular flexibility index (Phi) is 8.71. The Morgan fingerprint density at radius 1 is 1.12 bits per heavy atom. The number of hydrogen-bond acceptors (Lipinski definition) is 7. The molecule has 0 unspecified atom stereocenters. The molecule has 2 aromatic rings. The zero-order valence-corrected chi connectivity index (χ0v) is 19.1. The van der Waals surface area contributed by atoms with Gasteiger partial charge in [-0.3, -0.25) is 9.59 Å². The summed E-state index contributed by atoms with van der Waals surface area (Å²) < 4.78 is 33.1. The molecule has 0 aliphatic heterocycles. The number of amides is 2. The molecule has 2 rings (SSSR count). The normalized spacial score (nSPS) is 12.1. The number of rotatable bonds is 9. The van der Waals surface area contributed by atoms with Crippen molar-refractivity contribution in [2.24, 2.45) is 5.14 Å². The Morgan fingerprint density at radius 2 is 1.79 bits per heavy atom. The number of primary sulfonamides is 1. The minimum absolute atomic E-state index is 0.128. The quantitative estimate of drug-likeness (QED) is 0.365. The Morgan fingerprint density at radius 3 is 2.39 bits per heavy atom. The highest BCUT2D eigenvalue weighted by Gasteiger charge is 2.18. The van der Waals surface area contributed by atoms with E-state index in [0.717, 1.165) is 5.56 Å². The van der Waals surface area contributed by atoms with Crippen molar-refractivity contribution in [3.8, 4) is 5.75 Å². The van der Waals surface area contributed by atoms with E-state index in [-0.39, 0.29) is 10.6 Å². The molecule has 2 amide bonds. The van der Waals surface area contributed by atoms with Crippen LogP contribution < -0.4 is 20.5 Å². The van der Waals surface area contributed by atoms with Crippen molar-refractivity contribution in [1.82, 2.24) is 5.32 Å². The maximum absolute atomic E-state index is 12.1. The van der Waals surface area contributed by atoms with Gasteiger partial charge in [-0.1, -0.05) is 18.2 Å². The first-order valence-electron chi connectivity index (χ1n) is 9.72. The number of ether oxygens (including phenoxy) is 2. The second kappa shape index (κ2) is 11.2. The molecule has 0 spiro atoms. The Bertz CT molecular complexity index is 1160. The molecule has 1 atom stereocenters. The minimum atomic E-state index is -3.95. The smallest absolute Gasteiger partial charge is 0.328 e. The summed E-state index contributed by atoms with van der Waals surface area (Å²) in [7, 11) is -2.40. The average Bonchev–Trinajstić information content (AvgIpc) is 2.76. The number of nitrogens with two attached hydrogens (primary N) is 1. The molecular weight excluding hydrogens is 450 g/mol. The van der Waals surface area contributed by atoms with E-state index in [1.165, 1.54) is 31.2 Å². The molecule has 0 heterocycles.